The van der Waals surface area contributed by atoms with Gasteiger partial charge in [0.25, 0.3) is 5.91 Å². The topological polar surface area (TPSA) is 128 Å². The third-order valence-electron chi connectivity index (χ3n) is 5.86. The van der Waals surface area contributed by atoms with Crippen LogP contribution in [0.15, 0.2) is 41.7 Å². The molecule has 2 heterocycles. The van der Waals surface area contributed by atoms with Gasteiger partial charge in [-0.15, -0.1) is 0 Å². The number of aromatic nitrogens is 2. The lowest BCUT2D eigenvalue weighted by molar-refractivity contribution is -0.115. The molecule has 1 aromatic heterocycles. The van der Waals surface area contributed by atoms with Gasteiger partial charge in [0, 0.05) is 30.1 Å². The number of amides is 2. The van der Waals surface area contributed by atoms with Gasteiger partial charge in [-0.3, -0.25) is 9.59 Å². The molecule has 0 radical (unpaired) electrons. The average Bonchev–Trinajstić information content (AvgIpc) is 2.80. The number of aliphatic imine (C=N–C) groups is 1. The van der Waals surface area contributed by atoms with Gasteiger partial charge in [0.1, 0.15) is 17.7 Å². The van der Waals surface area contributed by atoms with Crippen molar-refractivity contribution in [1.29, 1.82) is 0 Å². The van der Waals surface area contributed by atoms with Gasteiger partial charge >= 0.3 is 0 Å². The predicted molar refractivity (Wildman–Crippen MR) is 124 cm³/mol. The molecule has 4 N–H and O–H groups in total. The van der Waals surface area contributed by atoms with Crippen molar-refractivity contribution in [3.63, 3.8) is 0 Å². The molecule has 8 nitrogen and oxygen atoms in total. The lowest BCUT2D eigenvalue weighted by Crippen LogP contribution is -2.47. The van der Waals surface area contributed by atoms with E-state index in [1.54, 1.807) is 0 Å². The summed E-state index contributed by atoms with van der Waals surface area (Å²) in [7, 11) is 0. The maximum atomic E-state index is 12.9. The van der Waals surface area contributed by atoms with Gasteiger partial charge in [-0.2, -0.15) is 4.99 Å². The highest BCUT2D eigenvalue weighted by Gasteiger charge is 2.34. The average molecular weight is 457 g/mol. The molecule has 1 fully saturated rings. The maximum Gasteiger partial charge on any atom is 0.273 e. The summed E-state index contributed by atoms with van der Waals surface area (Å²) in [6, 6.07) is 9.68. The van der Waals surface area contributed by atoms with E-state index in [1.165, 1.54) is 13.3 Å². The molecule has 2 aliphatic rings. The lowest BCUT2D eigenvalue weighted by atomic mass is 9.84. The first kappa shape index (κ1) is 23.8. The minimum atomic E-state index is -0.398. The second kappa shape index (κ2) is 11.2. The molecule has 4 rings (SSSR count). The minimum absolute atomic E-state index is 0.0378. The number of halogens is 1. The number of benzene rings is 1. The molecule has 0 spiro atoms. The molecule has 32 heavy (non-hydrogen) atoms. The van der Waals surface area contributed by atoms with E-state index in [0.717, 1.165) is 37.3 Å². The summed E-state index contributed by atoms with van der Waals surface area (Å²) in [6.07, 6.45) is 6.01. The fraction of sp³-hybridized carbons (Fsp3) is 0.435. The Bertz CT molecular complexity index is 974. The summed E-state index contributed by atoms with van der Waals surface area (Å²) >= 11 is 5.54. The fourth-order valence-electron chi connectivity index (χ4n) is 4.20. The summed E-state index contributed by atoms with van der Waals surface area (Å²) < 4.78 is 0. The number of fused-ring (bicyclic) bond motifs is 1. The Labute approximate surface area is 193 Å². The molecule has 170 valence electrons. The molecule has 1 aromatic carbocycles. The van der Waals surface area contributed by atoms with Crippen LogP contribution >= 0.6 is 11.6 Å². The van der Waals surface area contributed by atoms with Gasteiger partial charge in [0.05, 0.1) is 0 Å². The van der Waals surface area contributed by atoms with Crippen LogP contribution in [0.4, 0.5) is 0 Å². The third-order valence-corrected chi connectivity index (χ3v) is 6.11. The van der Waals surface area contributed by atoms with E-state index in [0.29, 0.717) is 35.8 Å². The minimum Gasteiger partial charge on any atom is -0.382 e. The van der Waals surface area contributed by atoms with Crippen LogP contribution in [0.3, 0.4) is 0 Å². The standard InChI is InChI=1S/C17H24N6O2.C6H5Cl/c1-10(24)22-16(19)14-13-6-7-23(17(25)15(13)21-9-20-14)12-4-2-11(8-18)3-5-12;7-6-4-2-1-3-5-6/h9,11-12H,2-8,18H2,1H3,(H2,19,22,24);1-5H. The number of hydrogen-bond acceptors (Lipinski definition) is 5. The monoisotopic (exact) mass is 456 g/mol. The normalized spacial score (nSPS) is 20.8. The van der Waals surface area contributed by atoms with Crippen molar-refractivity contribution >= 4 is 29.3 Å². The number of nitrogens with zero attached hydrogens (tertiary/aromatic N) is 4. The number of hydrogen-bond donors (Lipinski definition) is 2. The molecule has 1 aliphatic carbocycles. The molecule has 1 saturated carbocycles. The number of amidine groups is 1. The van der Waals surface area contributed by atoms with Crippen LogP contribution in [0.5, 0.6) is 0 Å². The van der Waals surface area contributed by atoms with Crippen LogP contribution in [0.25, 0.3) is 0 Å². The van der Waals surface area contributed by atoms with E-state index in [4.69, 9.17) is 23.1 Å². The molecule has 0 unspecified atom stereocenters. The zero-order valence-corrected chi connectivity index (χ0v) is 19.0. The quantitative estimate of drug-likeness (QED) is 0.539. The van der Waals surface area contributed by atoms with E-state index in [-0.39, 0.29) is 17.8 Å². The Hall–Kier alpha value is -2.84. The Morgan fingerprint density at radius 2 is 1.88 bits per heavy atom. The van der Waals surface area contributed by atoms with Crippen LogP contribution in [0.2, 0.25) is 5.02 Å². The Morgan fingerprint density at radius 3 is 2.44 bits per heavy atom. The highest BCUT2D eigenvalue weighted by atomic mass is 35.5. The molecular formula is C23H29ClN6O2. The Kier molecular flexibility index (Phi) is 8.30. The summed E-state index contributed by atoms with van der Waals surface area (Å²) in [5, 5.41) is 0.794. The zero-order valence-electron chi connectivity index (χ0n) is 18.2. The van der Waals surface area contributed by atoms with E-state index in [9.17, 15) is 9.59 Å². The number of carbonyl (C=O) groups is 2. The van der Waals surface area contributed by atoms with Crippen LogP contribution in [-0.2, 0) is 11.2 Å². The van der Waals surface area contributed by atoms with Gasteiger partial charge < -0.3 is 16.4 Å². The van der Waals surface area contributed by atoms with Crippen LogP contribution in [-0.4, -0.2) is 51.6 Å². The van der Waals surface area contributed by atoms with Gasteiger partial charge in [-0.25, -0.2) is 9.97 Å². The van der Waals surface area contributed by atoms with Crippen molar-refractivity contribution in [3.8, 4) is 0 Å². The highest BCUT2D eigenvalue weighted by Crippen LogP contribution is 2.30. The van der Waals surface area contributed by atoms with Crippen LogP contribution in [0.1, 0.15) is 54.4 Å². The third kappa shape index (κ3) is 5.89. The van der Waals surface area contributed by atoms with Crippen molar-refractivity contribution in [2.45, 2.75) is 45.1 Å². The number of nitrogens with two attached hydrogens (primary N) is 2. The van der Waals surface area contributed by atoms with Crippen LogP contribution < -0.4 is 11.5 Å². The van der Waals surface area contributed by atoms with E-state index < -0.39 is 5.91 Å². The summed E-state index contributed by atoms with van der Waals surface area (Å²) in [5.74, 6) is 0.123. The molecule has 1 aliphatic heterocycles. The maximum absolute atomic E-state index is 12.9. The largest absolute Gasteiger partial charge is 0.382 e. The van der Waals surface area contributed by atoms with E-state index in [2.05, 4.69) is 15.0 Å². The molecule has 0 saturated heterocycles. The molecule has 2 amide bonds. The van der Waals surface area contributed by atoms with E-state index >= 15 is 0 Å². The second-order valence-corrected chi connectivity index (χ2v) is 8.46. The molecule has 0 bridgehead atoms. The number of carbonyl (C=O) groups excluding carboxylic acids is 2. The second-order valence-electron chi connectivity index (χ2n) is 8.02. The van der Waals surface area contributed by atoms with Gasteiger partial charge in [-0.1, -0.05) is 29.8 Å². The van der Waals surface area contributed by atoms with E-state index in [1.807, 2.05) is 35.2 Å². The first-order chi connectivity index (χ1) is 15.4. The SMILES string of the molecule is CC(=O)N=C(N)c1ncnc2c1CCN(C1CCC(CN)CC1)C2=O.Clc1ccccc1. The van der Waals surface area contributed by atoms with Gasteiger partial charge in [0.2, 0.25) is 5.91 Å². The molecule has 0 atom stereocenters. The first-order valence-electron chi connectivity index (χ1n) is 10.8. The summed E-state index contributed by atoms with van der Waals surface area (Å²) in [6.45, 7) is 2.65. The zero-order chi connectivity index (χ0) is 23.1. The van der Waals surface area contributed by atoms with Gasteiger partial charge in [-0.05, 0) is 56.7 Å². The highest BCUT2D eigenvalue weighted by molar-refractivity contribution is 6.30. The van der Waals surface area contributed by atoms with Crippen LogP contribution in [0, 0.1) is 5.92 Å². The predicted octanol–water partition coefficient (Wildman–Crippen LogP) is 2.58. The lowest BCUT2D eigenvalue weighted by Gasteiger charge is -2.39. The first-order valence-corrected chi connectivity index (χ1v) is 11.2. The Morgan fingerprint density at radius 1 is 1.19 bits per heavy atom. The summed E-state index contributed by atoms with van der Waals surface area (Å²) in [5.41, 5.74) is 13.1. The van der Waals surface area contributed by atoms with Gasteiger partial charge in [0.15, 0.2) is 5.84 Å². The molecule has 2 aromatic rings. The van der Waals surface area contributed by atoms with Crippen molar-refractivity contribution < 1.29 is 9.59 Å². The smallest absolute Gasteiger partial charge is 0.273 e. The van der Waals surface area contributed by atoms with Crippen molar-refractivity contribution in [1.82, 2.24) is 14.9 Å². The fourth-order valence-corrected chi connectivity index (χ4v) is 4.35. The Balaban J connectivity index is 0.000000352. The van der Waals surface area contributed by atoms with Crippen molar-refractivity contribution in [2.24, 2.45) is 22.4 Å². The molecular weight excluding hydrogens is 428 g/mol. The molecule has 9 heteroatoms. The van der Waals surface area contributed by atoms with Crippen molar-refractivity contribution in [2.75, 3.05) is 13.1 Å². The number of rotatable bonds is 3. The van der Waals surface area contributed by atoms with Crippen molar-refractivity contribution in [3.05, 3.63) is 58.6 Å². The summed E-state index contributed by atoms with van der Waals surface area (Å²) in [4.78, 5) is 38.1.